The summed E-state index contributed by atoms with van der Waals surface area (Å²) in [6.07, 6.45) is 1.57. The second-order valence-electron chi connectivity index (χ2n) is 6.49. The first-order valence-corrected chi connectivity index (χ1v) is 8.25. The molecule has 2 heterocycles. The van der Waals surface area contributed by atoms with Gasteiger partial charge in [-0.05, 0) is 24.6 Å². The maximum absolute atomic E-state index is 12.7. The van der Waals surface area contributed by atoms with Crippen molar-refractivity contribution in [2.75, 3.05) is 13.6 Å². The third kappa shape index (κ3) is 3.45. The van der Waals surface area contributed by atoms with Crippen LogP contribution in [-0.4, -0.2) is 36.4 Å². The summed E-state index contributed by atoms with van der Waals surface area (Å²) < 4.78 is 5.25. The van der Waals surface area contributed by atoms with Gasteiger partial charge in [-0.2, -0.15) is 5.01 Å². The number of urea groups is 1. The van der Waals surface area contributed by atoms with Crippen LogP contribution in [0.4, 0.5) is 4.79 Å². The number of carbonyl (C=O) groups excluding carboxylic acids is 3. The van der Waals surface area contributed by atoms with Crippen molar-refractivity contribution in [1.29, 1.82) is 0 Å². The second kappa shape index (κ2) is 7.01. The Morgan fingerprint density at radius 3 is 2.62 bits per heavy atom. The standard InChI is InChI=1S/C18H20N4O4/c1-18(13-7-4-3-5-8-13)16(24)22(17(25)19-18)20-15(23)12-21(2)11-14-9-6-10-26-14/h3-10H,11-12H2,1-2H3,(H,19,25)(H,20,23)/p+1/t18-/m1/s1. The molecule has 2 atom stereocenters. The van der Waals surface area contributed by atoms with E-state index in [1.54, 1.807) is 43.5 Å². The highest BCUT2D eigenvalue weighted by Crippen LogP contribution is 2.27. The first-order valence-electron chi connectivity index (χ1n) is 8.25. The molecule has 4 amide bonds. The third-order valence-corrected chi connectivity index (χ3v) is 4.30. The summed E-state index contributed by atoms with van der Waals surface area (Å²) >= 11 is 0. The molecular formula is C18H21N4O4+. The van der Waals surface area contributed by atoms with Gasteiger partial charge in [0.05, 0.1) is 13.3 Å². The number of hydrazine groups is 1. The average Bonchev–Trinajstić information content (AvgIpc) is 3.18. The van der Waals surface area contributed by atoms with Crippen LogP contribution in [0.15, 0.2) is 53.1 Å². The van der Waals surface area contributed by atoms with Gasteiger partial charge in [-0.1, -0.05) is 30.3 Å². The fourth-order valence-corrected chi connectivity index (χ4v) is 2.92. The number of hydrogen-bond acceptors (Lipinski definition) is 4. The Balaban J connectivity index is 1.63. The maximum atomic E-state index is 12.7. The minimum atomic E-state index is -1.21. The SMILES string of the molecule is C[NH+](CC(=O)NN1C(=O)N[C@](C)(c2ccccc2)C1=O)Cc1ccco1. The number of furan rings is 1. The molecule has 1 aliphatic rings. The predicted octanol–water partition coefficient (Wildman–Crippen LogP) is -0.207. The Kier molecular flexibility index (Phi) is 4.77. The number of imide groups is 1. The van der Waals surface area contributed by atoms with E-state index in [9.17, 15) is 14.4 Å². The number of carbonyl (C=O) groups is 3. The molecule has 3 N–H and O–H groups in total. The lowest BCUT2D eigenvalue weighted by atomic mass is 9.92. The maximum Gasteiger partial charge on any atom is 0.344 e. The van der Waals surface area contributed by atoms with Gasteiger partial charge < -0.3 is 14.6 Å². The van der Waals surface area contributed by atoms with Gasteiger partial charge in [-0.15, -0.1) is 0 Å². The van der Waals surface area contributed by atoms with Crippen LogP contribution >= 0.6 is 0 Å². The van der Waals surface area contributed by atoms with Gasteiger partial charge in [0, 0.05) is 0 Å². The van der Waals surface area contributed by atoms with Crippen molar-refractivity contribution in [3.63, 3.8) is 0 Å². The molecule has 1 saturated heterocycles. The lowest BCUT2D eigenvalue weighted by molar-refractivity contribution is -0.886. The number of nitrogens with one attached hydrogen (secondary N) is 3. The molecule has 1 aromatic carbocycles. The van der Waals surface area contributed by atoms with Crippen molar-refractivity contribution in [3.05, 3.63) is 60.1 Å². The molecule has 8 nitrogen and oxygen atoms in total. The Morgan fingerprint density at radius 2 is 1.96 bits per heavy atom. The van der Waals surface area contributed by atoms with E-state index in [1.165, 1.54) is 0 Å². The Bertz CT molecular complexity index is 806. The first-order chi connectivity index (χ1) is 12.4. The van der Waals surface area contributed by atoms with E-state index in [0.29, 0.717) is 12.1 Å². The van der Waals surface area contributed by atoms with Crippen LogP contribution in [0.2, 0.25) is 0 Å². The van der Waals surface area contributed by atoms with E-state index in [1.807, 2.05) is 19.2 Å². The van der Waals surface area contributed by atoms with Crippen LogP contribution in [0.3, 0.4) is 0 Å². The topological polar surface area (TPSA) is 96.1 Å². The molecule has 0 aliphatic carbocycles. The van der Waals surface area contributed by atoms with Gasteiger partial charge in [0.15, 0.2) is 12.3 Å². The second-order valence-corrected chi connectivity index (χ2v) is 6.49. The van der Waals surface area contributed by atoms with Crippen LogP contribution in [0, 0.1) is 0 Å². The van der Waals surface area contributed by atoms with Crippen molar-refractivity contribution in [2.24, 2.45) is 0 Å². The third-order valence-electron chi connectivity index (χ3n) is 4.30. The Morgan fingerprint density at radius 1 is 1.23 bits per heavy atom. The minimum absolute atomic E-state index is 0.0831. The van der Waals surface area contributed by atoms with E-state index in [4.69, 9.17) is 4.42 Å². The fourth-order valence-electron chi connectivity index (χ4n) is 2.92. The van der Waals surface area contributed by atoms with E-state index < -0.39 is 23.4 Å². The summed E-state index contributed by atoms with van der Waals surface area (Å²) in [6.45, 7) is 2.21. The summed E-state index contributed by atoms with van der Waals surface area (Å²) in [7, 11) is 1.82. The molecule has 136 valence electrons. The molecule has 26 heavy (non-hydrogen) atoms. The van der Waals surface area contributed by atoms with E-state index in [0.717, 1.165) is 15.7 Å². The monoisotopic (exact) mass is 357 g/mol. The summed E-state index contributed by atoms with van der Waals surface area (Å²) in [5.74, 6) is -0.206. The van der Waals surface area contributed by atoms with E-state index in [2.05, 4.69) is 10.7 Å². The number of amides is 4. The Hall–Kier alpha value is -3.13. The predicted molar refractivity (Wildman–Crippen MR) is 91.5 cm³/mol. The summed E-state index contributed by atoms with van der Waals surface area (Å²) in [5, 5.41) is 3.39. The van der Waals surface area contributed by atoms with E-state index in [-0.39, 0.29) is 6.54 Å². The molecule has 1 unspecified atom stereocenters. The van der Waals surface area contributed by atoms with Crippen LogP contribution in [-0.2, 0) is 21.7 Å². The van der Waals surface area contributed by atoms with Crippen LogP contribution < -0.4 is 15.6 Å². The smallest absolute Gasteiger partial charge is 0.344 e. The van der Waals surface area contributed by atoms with Gasteiger partial charge >= 0.3 is 6.03 Å². The van der Waals surface area contributed by atoms with Crippen LogP contribution in [0.25, 0.3) is 0 Å². The van der Waals surface area contributed by atoms with Gasteiger partial charge in [0.2, 0.25) is 0 Å². The quantitative estimate of drug-likeness (QED) is 0.624. The van der Waals surface area contributed by atoms with Crippen molar-refractivity contribution >= 4 is 17.8 Å². The van der Waals surface area contributed by atoms with Gasteiger partial charge in [-0.3, -0.25) is 15.0 Å². The molecule has 1 fully saturated rings. The average molecular weight is 357 g/mol. The highest BCUT2D eigenvalue weighted by molar-refractivity contribution is 6.08. The van der Waals surface area contributed by atoms with Gasteiger partial charge in [-0.25, -0.2) is 4.79 Å². The number of likely N-dealkylation sites (N-methyl/N-ethyl adjacent to an activating group) is 1. The zero-order valence-corrected chi connectivity index (χ0v) is 14.6. The number of nitrogens with zero attached hydrogens (tertiary/aromatic N) is 1. The van der Waals surface area contributed by atoms with Crippen molar-refractivity contribution in [3.8, 4) is 0 Å². The molecule has 3 rings (SSSR count). The van der Waals surface area contributed by atoms with Gasteiger partial charge in [0.25, 0.3) is 11.8 Å². The highest BCUT2D eigenvalue weighted by atomic mass is 16.3. The van der Waals surface area contributed by atoms with Gasteiger partial charge in [0.1, 0.15) is 12.1 Å². The van der Waals surface area contributed by atoms with Crippen LogP contribution in [0.5, 0.6) is 0 Å². The molecule has 0 spiro atoms. The lowest BCUT2D eigenvalue weighted by Gasteiger charge is -2.22. The van der Waals surface area contributed by atoms with Crippen molar-refractivity contribution < 1.29 is 23.7 Å². The first kappa shape index (κ1) is 17.7. The van der Waals surface area contributed by atoms with Crippen molar-refractivity contribution in [1.82, 2.24) is 15.8 Å². The zero-order chi connectivity index (χ0) is 18.7. The molecule has 8 heteroatoms. The molecule has 1 aliphatic heterocycles. The minimum Gasteiger partial charge on any atom is -0.463 e. The number of rotatable bonds is 6. The summed E-state index contributed by atoms with van der Waals surface area (Å²) in [6, 6.07) is 11.9. The molecule has 0 radical (unpaired) electrons. The molecule has 0 bridgehead atoms. The van der Waals surface area contributed by atoms with Crippen molar-refractivity contribution in [2.45, 2.75) is 19.0 Å². The largest absolute Gasteiger partial charge is 0.463 e. The summed E-state index contributed by atoms with van der Waals surface area (Å²) in [5.41, 5.74) is 1.83. The Labute approximate surface area is 150 Å². The van der Waals surface area contributed by atoms with E-state index >= 15 is 0 Å². The lowest BCUT2D eigenvalue weighted by Crippen LogP contribution is -3.09. The van der Waals surface area contributed by atoms with Crippen LogP contribution in [0.1, 0.15) is 18.2 Å². The summed E-state index contributed by atoms with van der Waals surface area (Å²) in [4.78, 5) is 38.0. The normalized spacial score (nSPS) is 20.8. The molecule has 2 aromatic rings. The number of hydrogen-bond donors (Lipinski definition) is 3. The molecular weight excluding hydrogens is 336 g/mol. The zero-order valence-electron chi connectivity index (χ0n) is 14.6. The molecule has 0 saturated carbocycles. The number of benzene rings is 1. The molecule has 1 aromatic heterocycles. The number of quaternary nitrogens is 1. The fraction of sp³-hybridized carbons (Fsp3) is 0.278. The highest BCUT2D eigenvalue weighted by Gasteiger charge is 2.50.